The van der Waals surface area contributed by atoms with Crippen LogP contribution in [0.5, 0.6) is 0 Å². The molecule has 0 fully saturated rings. The van der Waals surface area contributed by atoms with Crippen LogP contribution in [0.1, 0.15) is 89.5 Å². The second-order valence-corrected chi connectivity index (χ2v) is 13.1. The van der Waals surface area contributed by atoms with E-state index in [1.807, 2.05) is 34.9 Å². The fourth-order valence-corrected chi connectivity index (χ4v) is 5.80. The molecule has 0 aliphatic heterocycles. The van der Waals surface area contributed by atoms with Crippen molar-refractivity contribution >= 4 is 104 Å². The molecule has 6 rings (SSSR count). The third kappa shape index (κ3) is 13.5. The zero-order chi connectivity index (χ0) is 43.5. The van der Waals surface area contributed by atoms with Crippen molar-refractivity contribution in [3.8, 4) is 0 Å². The lowest BCUT2D eigenvalue weighted by molar-refractivity contribution is 0.935. The first kappa shape index (κ1) is 51.1. The van der Waals surface area contributed by atoms with E-state index in [0.29, 0.717) is 34.7 Å². The van der Waals surface area contributed by atoms with E-state index in [-0.39, 0.29) is 17.7 Å². The summed E-state index contributed by atoms with van der Waals surface area (Å²) in [6.45, 7) is 18.8. The maximum absolute atomic E-state index is 5.92. The topological polar surface area (TPSA) is 227 Å². The maximum atomic E-state index is 5.92. The van der Waals surface area contributed by atoms with Crippen molar-refractivity contribution in [3.63, 3.8) is 0 Å². The fourth-order valence-electron chi connectivity index (χ4n) is 5.63. The molecule has 0 aliphatic rings. The van der Waals surface area contributed by atoms with E-state index < -0.39 is 0 Å². The second kappa shape index (κ2) is 26.2. The van der Waals surface area contributed by atoms with Crippen molar-refractivity contribution in [2.45, 2.75) is 93.9 Å². The van der Waals surface area contributed by atoms with Gasteiger partial charge in [-0.1, -0.05) is 41.5 Å². The molecular formula is C39H61Cl3N18. The molecule has 0 spiro atoms. The molecule has 0 saturated carbocycles. The highest BCUT2D eigenvalue weighted by atomic mass is 35.5. The van der Waals surface area contributed by atoms with Crippen molar-refractivity contribution in [2.24, 2.45) is 0 Å². The van der Waals surface area contributed by atoms with Gasteiger partial charge in [-0.2, -0.15) is 4.98 Å². The van der Waals surface area contributed by atoms with Crippen LogP contribution in [0.2, 0.25) is 5.28 Å². The number of hydrogen-bond donors (Lipinski definition) is 6. The van der Waals surface area contributed by atoms with Gasteiger partial charge in [0.25, 0.3) is 0 Å². The number of anilines is 6. The van der Waals surface area contributed by atoms with Crippen LogP contribution in [0.25, 0.3) is 33.1 Å². The Morgan fingerprint density at radius 1 is 0.400 bits per heavy atom. The monoisotopic (exact) mass is 886 g/mol. The average molecular weight is 888 g/mol. The van der Waals surface area contributed by atoms with Gasteiger partial charge in [-0.3, -0.25) is 0 Å². The van der Waals surface area contributed by atoms with Crippen molar-refractivity contribution in [2.75, 3.05) is 79.1 Å². The Morgan fingerprint density at radius 2 is 0.700 bits per heavy atom. The van der Waals surface area contributed by atoms with E-state index in [2.05, 4.69) is 138 Å². The Bertz CT molecular complexity index is 2010. The first-order valence-electron chi connectivity index (χ1n) is 20.0. The number of hydrogen-bond acceptors (Lipinski definition) is 18. The number of aromatic nitrogens is 12. The lowest BCUT2D eigenvalue weighted by Gasteiger charge is -2.11. The second-order valence-electron chi connectivity index (χ2n) is 12.7. The molecule has 0 bridgehead atoms. The van der Waals surface area contributed by atoms with E-state index >= 15 is 0 Å². The first-order valence-corrected chi connectivity index (χ1v) is 21.2. The molecule has 0 aliphatic carbocycles. The summed E-state index contributed by atoms with van der Waals surface area (Å²) in [4.78, 5) is 53.1. The van der Waals surface area contributed by atoms with Crippen LogP contribution in [0.3, 0.4) is 0 Å². The van der Waals surface area contributed by atoms with Gasteiger partial charge < -0.3 is 31.9 Å². The van der Waals surface area contributed by atoms with Crippen LogP contribution in [-0.2, 0) is 19.3 Å². The highest BCUT2D eigenvalue weighted by Gasteiger charge is 2.16. The van der Waals surface area contributed by atoms with Gasteiger partial charge in [0.05, 0.1) is 17.1 Å². The van der Waals surface area contributed by atoms with Crippen molar-refractivity contribution in [1.29, 1.82) is 0 Å². The average Bonchev–Trinajstić information content (AvgIpc) is 3.26. The number of alkyl halides is 1. The molecule has 0 atom stereocenters. The molecule has 60 heavy (non-hydrogen) atoms. The molecule has 21 heteroatoms. The van der Waals surface area contributed by atoms with Crippen molar-refractivity contribution in [3.05, 3.63) is 34.0 Å². The summed E-state index contributed by atoms with van der Waals surface area (Å²) in [5, 5.41) is 19.0. The number of nitrogens with one attached hydrogen (secondary N) is 6. The molecule has 328 valence electrons. The molecule has 0 aromatic carbocycles. The minimum absolute atomic E-state index is 0. The Labute approximate surface area is 369 Å². The highest BCUT2D eigenvalue weighted by Crippen LogP contribution is 2.25. The van der Waals surface area contributed by atoms with Crippen molar-refractivity contribution in [1.82, 2.24) is 59.8 Å². The molecule has 0 saturated heterocycles. The predicted molar refractivity (Wildman–Crippen MR) is 252 cm³/mol. The van der Waals surface area contributed by atoms with Gasteiger partial charge in [0.15, 0.2) is 17.5 Å². The summed E-state index contributed by atoms with van der Waals surface area (Å²) in [5.41, 5.74) is 7.38. The molecule has 6 aromatic rings. The van der Waals surface area contributed by atoms with Crippen LogP contribution < -0.4 is 31.9 Å². The van der Waals surface area contributed by atoms with Crippen molar-refractivity contribution < 1.29 is 0 Å². The van der Waals surface area contributed by atoms with Gasteiger partial charge in [0.2, 0.25) is 23.1 Å². The summed E-state index contributed by atoms with van der Waals surface area (Å²) in [7, 11) is 5.47. The van der Waals surface area contributed by atoms with Gasteiger partial charge in [0.1, 0.15) is 44.7 Å². The predicted octanol–water partition coefficient (Wildman–Crippen LogP) is 8.08. The fraction of sp³-hybridized carbons (Fsp3) is 0.538. The lowest BCUT2D eigenvalue weighted by atomic mass is 10.2. The SMILES string of the molecule is CCCNc1nc(CC)c2nc(C)nc(NC)c2n1.CCCNc1nc(CC)c2nc(C)nc(NC)c2n1.CCCNc1nc(CC)c2nc(Cl)nc(NC)c2n1.CCl.Cl. The van der Waals surface area contributed by atoms with Crippen LogP contribution >= 0.6 is 35.6 Å². The highest BCUT2D eigenvalue weighted by molar-refractivity contribution is 6.28. The first-order chi connectivity index (χ1) is 28.6. The summed E-state index contributed by atoms with van der Waals surface area (Å²) in [6.07, 6.45) is 6.95. The quantitative estimate of drug-likeness (QED) is 0.0423. The Balaban J connectivity index is 0.000000301. The molecule has 0 unspecified atom stereocenters. The summed E-state index contributed by atoms with van der Waals surface area (Å²) < 4.78 is 0. The largest absolute Gasteiger partial charge is 0.371 e. The van der Waals surface area contributed by atoms with E-state index in [1.165, 1.54) is 6.38 Å². The molecule has 6 aromatic heterocycles. The summed E-state index contributed by atoms with van der Waals surface area (Å²) >= 11 is 10.6. The van der Waals surface area contributed by atoms with Gasteiger partial charge in [-0.15, -0.1) is 24.0 Å². The van der Waals surface area contributed by atoms with Gasteiger partial charge >= 0.3 is 0 Å². The summed E-state index contributed by atoms with van der Waals surface area (Å²) in [6, 6.07) is 0. The number of rotatable bonds is 15. The normalized spacial score (nSPS) is 10.3. The number of fused-ring (bicyclic) bond motifs is 3. The Morgan fingerprint density at radius 3 is 0.983 bits per heavy atom. The summed E-state index contributed by atoms with van der Waals surface area (Å²) in [5.74, 6) is 5.47. The zero-order valence-electron chi connectivity index (χ0n) is 36.9. The Hall–Kier alpha value is -5.07. The van der Waals surface area contributed by atoms with Crippen LogP contribution in [0.4, 0.5) is 35.3 Å². The van der Waals surface area contributed by atoms with Gasteiger partial charge in [-0.25, -0.2) is 54.8 Å². The zero-order valence-corrected chi connectivity index (χ0v) is 39.2. The minimum Gasteiger partial charge on any atom is -0.371 e. The number of halogens is 3. The Kier molecular flexibility index (Phi) is 22.3. The lowest BCUT2D eigenvalue weighted by Crippen LogP contribution is -2.09. The van der Waals surface area contributed by atoms with E-state index in [1.54, 1.807) is 7.05 Å². The molecular weight excluding hydrogens is 827 g/mol. The van der Waals surface area contributed by atoms with Gasteiger partial charge in [-0.05, 0) is 64.0 Å². The molecule has 6 heterocycles. The molecule has 18 nitrogen and oxygen atoms in total. The minimum atomic E-state index is 0. The number of aryl methyl sites for hydroxylation is 5. The van der Waals surface area contributed by atoms with Crippen LogP contribution in [0, 0.1) is 13.8 Å². The molecule has 6 N–H and O–H groups in total. The smallest absolute Gasteiger partial charge is 0.225 e. The van der Waals surface area contributed by atoms with Gasteiger partial charge in [0, 0.05) is 47.2 Å². The van der Waals surface area contributed by atoms with E-state index in [0.717, 1.165) is 121 Å². The van der Waals surface area contributed by atoms with E-state index in [9.17, 15) is 0 Å². The molecule has 0 radical (unpaired) electrons. The molecule has 0 amide bonds. The van der Waals surface area contributed by atoms with Crippen LogP contribution in [0.15, 0.2) is 0 Å². The maximum Gasteiger partial charge on any atom is 0.225 e. The third-order valence-electron chi connectivity index (χ3n) is 8.36. The third-order valence-corrected chi connectivity index (χ3v) is 8.53. The standard InChI is InChI=1S/2C13H20N6.C12H17ClN6.CH3Cl.ClH/c2*1-5-7-15-13-18-9(6-2)10-11(19-13)12(14-4)17-8(3)16-10;1-4-6-15-12-16-7(5-2)8-9(18-12)10(14-3)19-11(13)17-8;1-2;/h2*5-7H2,1-4H3,(H,14,16,17)(H,15,18,19);4-6H2,1-3H3,(H,14,17,19)(H,15,16,18);1H3;1H. The number of nitrogens with zero attached hydrogens (tertiary/aromatic N) is 12. The van der Waals surface area contributed by atoms with E-state index in [4.69, 9.17) is 11.6 Å². The van der Waals surface area contributed by atoms with Crippen LogP contribution in [-0.4, -0.2) is 107 Å².